The van der Waals surface area contributed by atoms with Crippen molar-refractivity contribution in [2.75, 3.05) is 19.8 Å². The average molecular weight is 376 g/mol. The van der Waals surface area contributed by atoms with Gasteiger partial charge in [0.25, 0.3) is 0 Å². The Morgan fingerprint density at radius 3 is 2.44 bits per heavy atom. The van der Waals surface area contributed by atoms with Gasteiger partial charge in [-0.05, 0) is 67.5 Å². The van der Waals surface area contributed by atoms with Crippen LogP contribution in [0, 0.1) is 28.6 Å². The van der Waals surface area contributed by atoms with E-state index in [1.54, 1.807) is 0 Å². The van der Waals surface area contributed by atoms with Gasteiger partial charge in [0.15, 0.2) is 5.79 Å². The lowest BCUT2D eigenvalue weighted by molar-refractivity contribution is -0.295. The molecule has 2 saturated carbocycles. The van der Waals surface area contributed by atoms with E-state index >= 15 is 0 Å². The van der Waals surface area contributed by atoms with Gasteiger partial charge in [-0.1, -0.05) is 20.8 Å². The lowest BCUT2D eigenvalue weighted by Gasteiger charge is -2.52. The quantitative estimate of drug-likeness (QED) is 0.646. The van der Waals surface area contributed by atoms with Crippen molar-refractivity contribution in [3.8, 4) is 0 Å². The summed E-state index contributed by atoms with van der Waals surface area (Å²) in [4.78, 5) is 0. The molecule has 3 heterocycles. The second-order valence-electron chi connectivity index (χ2n) is 11.3. The van der Waals surface area contributed by atoms with E-state index in [9.17, 15) is 5.11 Å². The molecule has 0 radical (unpaired) electrons. The average Bonchev–Trinajstić information content (AvgIpc) is 2.83. The largest absolute Gasteiger partial charge is 0.435 e. The number of fused-ring (bicyclic) bond motifs is 5. The van der Waals surface area contributed by atoms with Crippen LogP contribution in [0.2, 0.25) is 12.1 Å². The summed E-state index contributed by atoms with van der Waals surface area (Å²) in [6.07, 6.45) is 8.83. The lowest BCUT2D eigenvalue weighted by atomic mass is 9.40. The fourth-order valence-corrected chi connectivity index (χ4v) is 7.40. The van der Waals surface area contributed by atoms with Crippen LogP contribution in [0.5, 0.6) is 0 Å². The number of hydrogen-bond donors (Lipinski definition) is 1. The predicted molar refractivity (Wildman–Crippen MR) is 106 cm³/mol. The van der Waals surface area contributed by atoms with Crippen molar-refractivity contribution in [2.24, 2.45) is 28.6 Å². The molecule has 5 fully saturated rings. The van der Waals surface area contributed by atoms with Gasteiger partial charge in [-0.3, -0.25) is 0 Å². The van der Waals surface area contributed by atoms with E-state index in [2.05, 4.69) is 20.8 Å². The van der Waals surface area contributed by atoms with Gasteiger partial charge in [0.2, 0.25) is 0 Å². The number of rotatable bonds is 0. The van der Waals surface area contributed by atoms with E-state index in [1.807, 2.05) is 0 Å². The Labute approximate surface area is 164 Å². The van der Waals surface area contributed by atoms with E-state index in [4.69, 9.17) is 14.1 Å². The summed E-state index contributed by atoms with van der Waals surface area (Å²) in [7, 11) is 0. The van der Waals surface area contributed by atoms with E-state index in [-0.39, 0.29) is 23.8 Å². The highest BCUT2D eigenvalue weighted by Gasteiger charge is 2.58. The van der Waals surface area contributed by atoms with E-state index in [1.165, 1.54) is 25.7 Å². The molecule has 0 aromatic carbocycles. The molecule has 5 heteroatoms. The van der Waals surface area contributed by atoms with Gasteiger partial charge in [0, 0.05) is 24.8 Å². The minimum atomic E-state index is -0.400. The first kappa shape index (κ1) is 18.9. The molecule has 6 atom stereocenters. The zero-order valence-electron chi connectivity index (χ0n) is 17.4. The van der Waals surface area contributed by atoms with Crippen molar-refractivity contribution in [3.05, 3.63) is 0 Å². The Kier molecular flexibility index (Phi) is 4.52. The van der Waals surface area contributed by atoms with Crippen LogP contribution < -0.4 is 0 Å². The number of ether oxygens (including phenoxy) is 2. The molecule has 0 bridgehead atoms. The predicted octanol–water partition coefficient (Wildman–Crippen LogP) is 4.13. The molecule has 3 aliphatic heterocycles. The Morgan fingerprint density at radius 2 is 1.67 bits per heavy atom. The first-order valence-electron chi connectivity index (χ1n) is 11.4. The Balaban J connectivity index is 1.33. The number of aliphatic hydroxyl groups excluding tert-OH is 1. The highest BCUT2D eigenvalue weighted by Crippen LogP contribution is 2.61. The Hall–Kier alpha value is -0.0951. The molecule has 1 N–H and O–H groups in total. The van der Waals surface area contributed by atoms with E-state index in [0.29, 0.717) is 11.7 Å². The third-order valence-electron chi connectivity index (χ3n) is 9.08. The van der Waals surface area contributed by atoms with Crippen LogP contribution in [-0.2, 0) is 14.1 Å². The van der Waals surface area contributed by atoms with Crippen LogP contribution in [0.3, 0.4) is 0 Å². The topological polar surface area (TPSA) is 47.9 Å². The third kappa shape index (κ3) is 3.03. The van der Waals surface area contributed by atoms with Crippen molar-refractivity contribution in [3.63, 3.8) is 0 Å². The fourth-order valence-electron chi connectivity index (χ4n) is 7.40. The van der Waals surface area contributed by atoms with Crippen molar-refractivity contribution in [1.29, 1.82) is 0 Å². The summed E-state index contributed by atoms with van der Waals surface area (Å²) >= 11 is 0. The van der Waals surface area contributed by atoms with Gasteiger partial charge in [0.1, 0.15) is 0 Å². The van der Waals surface area contributed by atoms with Gasteiger partial charge >= 0.3 is 6.92 Å². The summed E-state index contributed by atoms with van der Waals surface area (Å²) in [6, 6.07) is 0. The Morgan fingerprint density at radius 1 is 0.889 bits per heavy atom. The molecule has 0 aromatic rings. The molecular formula is C22H37BO4. The van der Waals surface area contributed by atoms with Crippen molar-refractivity contribution in [2.45, 2.75) is 89.7 Å². The van der Waals surface area contributed by atoms with Gasteiger partial charge in [-0.25, -0.2) is 0 Å². The van der Waals surface area contributed by atoms with Crippen molar-refractivity contribution >= 4 is 6.92 Å². The summed E-state index contributed by atoms with van der Waals surface area (Å²) < 4.78 is 19.1. The highest BCUT2D eigenvalue weighted by molar-refractivity contribution is 6.54. The molecule has 6 unspecified atom stereocenters. The van der Waals surface area contributed by atoms with Crippen molar-refractivity contribution < 1.29 is 19.2 Å². The zero-order chi connectivity index (χ0) is 18.9. The van der Waals surface area contributed by atoms with Gasteiger partial charge < -0.3 is 19.2 Å². The zero-order valence-corrected chi connectivity index (χ0v) is 17.4. The van der Waals surface area contributed by atoms with Crippen LogP contribution in [0.15, 0.2) is 0 Å². The summed E-state index contributed by atoms with van der Waals surface area (Å²) in [5, 5.41) is 10.6. The molecule has 1 spiro atoms. The third-order valence-corrected chi connectivity index (χ3v) is 9.08. The Bertz CT molecular complexity index is 571. The summed E-state index contributed by atoms with van der Waals surface area (Å²) in [5.74, 6) is 2.43. The fraction of sp³-hybridized carbons (Fsp3) is 1.00. The van der Waals surface area contributed by atoms with Gasteiger partial charge in [-0.2, -0.15) is 0 Å². The molecule has 0 aromatic heterocycles. The molecule has 0 amide bonds. The normalized spacial score (nSPS) is 48.4. The maximum Gasteiger partial charge on any atom is 0.301 e. The van der Waals surface area contributed by atoms with Crippen LogP contribution in [-0.4, -0.2) is 43.7 Å². The van der Waals surface area contributed by atoms with E-state index < -0.39 is 5.79 Å². The number of aliphatic hydroxyl groups is 1. The number of hydrogen-bond acceptors (Lipinski definition) is 4. The van der Waals surface area contributed by atoms with Crippen LogP contribution in [0.25, 0.3) is 0 Å². The van der Waals surface area contributed by atoms with Crippen LogP contribution >= 0.6 is 0 Å². The molecule has 4 nitrogen and oxygen atoms in total. The maximum absolute atomic E-state index is 10.6. The van der Waals surface area contributed by atoms with Crippen LogP contribution in [0.4, 0.5) is 0 Å². The summed E-state index contributed by atoms with van der Waals surface area (Å²) in [6.45, 7) is 9.51. The standard InChI is InChI=1S/C22H37BO4/c1-20(2)13-25-22(26-14-20)10-7-18-16-6-9-21(3)17(4-5-19(21)24)15(16)8-11-27-23(18)12-22/h15-19,24H,4-14H2,1-3H3. The highest BCUT2D eigenvalue weighted by atomic mass is 16.7. The molecule has 152 valence electrons. The minimum Gasteiger partial charge on any atom is -0.435 e. The van der Waals surface area contributed by atoms with Gasteiger partial charge in [-0.15, -0.1) is 0 Å². The molecule has 5 aliphatic rings. The lowest BCUT2D eigenvalue weighted by Crippen LogP contribution is -2.54. The molecule has 3 saturated heterocycles. The smallest absolute Gasteiger partial charge is 0.301 e. The monoisotopic (exact) mass is 376 g/mol. The molecule has 27 heavy (non-hydrogen) atoms. The molecular weight excluding hydrogens is 339 g/mol. The first-order valence-corrected chi connectivity index (χ1v) is 11.4. The maximum atomic E-state index is 10.6. The molecule has 5 rings (SSSR count). The second-order valence-corrected chi connectivity index (χ2v) is 11.3. The molecule has 2 aliphatic carbocycles. The van der Waals surface area contributed by atoms with Gasteiger partial charge in [0.05, 0.1) is 19.3 Å². The first-order chi connectivity index (χ1) is 12.8. The second kappa shape index (κ2) is 6.45. The minimum absolute atomic E-state index is 0.0922. The van der Waals surface area contributed by atoms with E-state index in [0.717, 1.165) is 57.2 Å². The van der Waals surface area contributed by atoms with Crippen LogP contribution in [0.1, 0.15) is 65.7 Å². The van der Waals surface area contributed by atoms with Crippen molar-refractivity contribution in [1.82, 2.24) is 0 Å². The SMILES string of the molecule is CC1(C)COC2(CCC3B(C2)OCCC2C3CCC3(C)C(O)CCC23)OC1. The summed E-state index contributed by atoms with van der Waals surface area (Å²) in [5.41, 5.74) is 0.271.